The number of aryl methyl sites for hydroxylation is 2. The number of hydrogen-bond donors (Lipinski definition) is 0. The molecule has 0 atom stereocenters. The molecule has 0 unspecified atom stereocenters. The molecule has 0 amide bonds. The molecule has 0 saturated carbocycles. The highest BCUT2D eigenvalue weighted by atomic mass is 19.1. The van der Waals surface area contributed by atoms with Crippen LogP contribution in [0.4, 0.5) is 4.39 Å². The molecule has 2 rings (SSSR count). The van der Waals surface area contributed by atoms with E-state index < -0.39 is 0 Å². The van der Waals surface area contributed by atoms with Crippen LogP contribution in [0.5, 0.6) is 0 Å². The van der Waals surface area contributed by atoms with E-state index in [9.17, 15) is 9.18 Å². The quantitative estimate of drug-likeness (QED) is 0.723. The van der Waals surface area contributed by atoms with E-state index in [1.807, 2.05) is 0 Å². The van der Waals surface area contributed by atoms with E-state index in [1.54, 1.807) is 24.9 Å². The number of rotatable bonds is 2. The molecule has 0 aliphatic heterocycles. The first kappa shape index (κ1) is 10.5. The van der Waals surface area contributed by atoms with Crippen molar-refractivity contribution in [1.29, 1.82) is 0 Å². The fourth-order valence-corrected chi connectivity index (χ4v) is 1.58. The first-order valence-corrected chi connectivity index (χ1v) is 4.88. The third-order valence-electron chi connectivity index (χ3n) is 2.36. The van der Waals surface area contributed by atoms with E-state index in [1.165, 1.54) is 24.3 Å². The molecule has 0 aliphatic carbocycles. The van der Waals surface area contributed by atoms with Crippen molar-refractivity contribution < 1.29 is 9.18 Å². The second-order valence-electron chi connectivity index (χ2n) is 3.64. The van der Waals surface area contributed by atoms with E-state index in [4.69, 9.17) is 0 Å². The Morgan fingerprint density at radius 3 is 2.44 bits per heavy atom. The summed E-state index contributed by atoms with van der Waals surface area (Å²) in [6.07, 6.45) is 1.67. The van der Waals surface area contributed by atoms with Gasteiger partial charge in [-0.3, -0.25) is 9.48 Å². The summed E-state index contributed by atoms with van der Waals surface area (Å²) in [5.41, 5.74) is 1.70. The first-order valence-electron chi connectivity index (χ1n) is 4.88. The van der Waals surface area contributed by atoms with Crippen LogP contribution >= 0.6 is 0 Å². The topological polar surface area (TPSA) is 34.9 Å². The van der Waals surface area contributed by atoms with Gasteiger partial charge in [0.15, 0.2) is 5.78 Å². The average molecular weight is 218 g/mol. The van der Waals surface area contributed by atoms with E-state index in [0.717, 1.165) is 0 Å². The Kier molecular flexibility index (Phi) is 2.56. The number of ketones is 1. The Morgan fingerprint density at radius 1 is 1.31 bits per heavy atom. The standard InChI is InChI=1S/C12H11FN2O/c1-8-11(7-15(2)14-8)12(16)9-3-5-10(13)6-4-9/h3-7H,1-2H3. The minimum Gasteiger partial charge on any atom is -0.288 e. The fourth-order valence-electron chi connectivity index (χ4n) is 1.58. The Hall–Kier alpha value is -1.97. The first-order chi connectivity index (χ1) is 7.58. The van der Waals surface area contributed by atoms with Crippen LogP contribution in [0.15, 0.2) is 30.5 Å². The Morgan fingerprint density at radius 2 is 1.94 bits per heavy atom. The third-order valence-corrected chi connectivity index (χ3v) is 2.36. The van der Waals surface area contributed by atoms with Crippen LogP contribution in [-0.4, -0.2) is 15.6 Å². The summed E-state index contributed by atoms with van der Waals surface area (Å²) in [6.45, 7) is 1.77. The molecule has 16 heavy (non-hydrogen) atoms. The lowest BCUT2D eigenvalue weighted by Crippen LogP contribution is -2.01. The zero-order valence-corrected chi connectivity index (χ0v) is 9.07. The minimum atomic E-state index is -0.348. The highest BCUT2D eigenvalue weighted by molar-refractivity contribution is 6.09. The van der Waals surface area contributed by atoms with Gasteiger partial charge in [-0.05, 0) is 31.2 Å². The highest BCUT2D eigenvalue weighted by Crippen LogP contribution is 2.13. The highest BCUT2D eigenvalue weighted by Gasteiger charge is 2.14. The molecule has 0 radical (unpaired) electrons. The maximum atomic E-state index is 12.7. The van der Waals surface area contributed by atoms with Gasteiger partial charge in [0, 0.05) is 18.8 Å². The van der Waals surface area contributed by atoms with Crippen molar-refractivity contribution in [3.8, 4) is 0 Å². The molecule has 3 nitrogen and oxygen atoms in total. The van der Waals surface area contributed by atoms with Gasteiger partial charge in [0.05, 0.1) is 11.3 Å². The summed E-state index contributed by atoms with van der Waals surface area (Å²) >= 11 is 0. The van der Waals surface area contributed by atoms with Gasteiger partial charge in [0.2, 0.25) is 0 Å². The van der Waals surface area contributed by atoms with Crippen LogP contribution in [-0.2, 0) is 7.05 Å². The van der Waals surface area contributed by atoms with Crippen molar-refractivity contribution in [2.45, 2.75) is 6.92 Å². The molecule has 2 aromatic rings. The average Bonchev–Trinajstić information content (AvgIpc) is 2.58. The number of carbonyl (C=O) groups is 1. The molecule has 4 heteroatoms. The van der Waals surface area contributed by atoms with Crippen LogP contribution in [0.2, 0.25) is 0 Å². The van der Waals surface area contributed by atoms with Gasteiger partial charge in [0.25, 0.3) is 0 Å². The predicted molar refractivity (Wildman–Crippen MR) is 57.8 cm³/mol. The molecule has 0 bridgehead atoms. The molecule has 0 spiro atoms. The van der Waals surface area contributed by atoms with Crippen LogP contribution in [0.25, 0.3) is 0 Å². The van der Waals surface area contributed by atoms with Crippen molar-refractivity contribution in [2.24, 2.45) is 7.05 Å². The molecule has 1 heterocycles. The van der Waals surface area contributed by atoms with Gasteiger partial charge in [-0.25, -0.2) is 4.39 Å². The second kappa shape index (κ2) is 3.89. The number of benzene rings is 1. The Balaban J connectivity index is 2.39. The van der Waals surface area contributed by atoms with Crippen molar-refractivity contribution in [2.75, 3.05) is 0 Å². The maximum Gasteiger partial charge on any atom is 0.196 e. The van der Waals surface area contributed by atoms with Crippen LogP contribution in [0.3, 0.4) is 0 Å². The lowest BCUT2D eigenvalue weighted by Gasteiger charge is -1.98. The molecule has 1 aromatic heterocycles. The van der Waals surface area contributed by atoms with E-state index >= 15 is 0 Å². The molecule has 0 fully saturated rings. The molecular weight excluding hydrogens is 207 g/mol. The lowest BCUT2D eigenvalue weighted by atomic mass is 10.0. The van der Waals surface area contributed by atoms with E-state index in [2.05, 4.69) is 5.10 Å². The van der Waals surface area contributed by atoms with Gasteiger partial charge in [-0.15, -0.1) is 0 Å². The lowest BCUT2D eigenvalue weighted by molar-refractivity contribution is 0.103. The normalized spacial score (nSPS) is 10.4. The summed E-state index contributed by atoms with van der Waals surface area (Å²) in [7, 11) is 1.76. The molecule has 0 saturated heterocycles. The SMILES string of the molecule is Cc1nn(C)cc1C(=O)c1ccc(F)cc1. The van der Waals surface area contributed by atoms with E-state index in [-0.39, 0.29) is 11.6 Å². The Bertz CT molecular complexity index is 528. The smallest absolute Gasteiger partial charge is 0.196 e. The fraction of sp³-hybridized carbons (Fsp3) is 0.167. The van der Waals surface area contributed by atoms with Gasteiger partial charge in [-0.1, -0.05) is 0 Å². The second-order valence-corrected chi connectivity index (χ2v) is 3.64. The van der Waals surface area contributed by atoms with Crippen LogP contribution < -0.4 is 0 Å². The molecule has 82 valence electrons. The molecule has 1 aromatic carbocycles. The summed E-state index contributed by atoms with van der Waals surface area (Å²) in [4.78, 5) is 12.0. The van der Waals surface area contributed by atoms with Gasteiger partial charge < -0.3 is 0 Å². The number of hydrogen-bond acceptors (Lipinski definition) is 2. The van der Waals surface area contributed by atoms with E-state index in [0.29, 0.717) is 16.8 Å². The number of aromatic nitrogens is 2. The number of halogens is 1. The monoisotopic (exact) mass is 218 g/mol. The molecular formula is C12H11FN2O. The number of carbonyl (C=O) groups excluding carboxylic acids is 1. The summed E-state index contributed by atoms with van der Waals surface area (Å²) in [6, 6.07) is 5.51. The predicted octanol–water partition coefficient (Wildman–Crippen LogP) is 2.10. The zero-order valence-electron chi connectivity index (χ0n) is 9.07. The van der Waals surface area contributed by atoms with Crippen molar-refractivity contribution in [1.82, 2.24) is 9.78 Å². The van der Waals surface area contributed by atoms with Crippen molar-refractivity contribution >= 4 is 5.78 Å². The molecule has 0 aliphatic rings. The van der Waals surface area contributed by atoms with Gasteiger partial charge in [0.1, 0.15) is 5.82 Å². The maximum absolute atomic E-state index is 12.7. The minimum absolute atomic E-state index is 0.134. The van der Waals surface area contributed by atoms with Gasteiger partial charge >= 0.3 is 0 Å². The summed E-state index contributed by atoms with van der Waals surface area (Å²) < 4.78 is 14.3. The van der Waals surface area contributed by atoms with Crippen LogP contribution in [0, 0.1) is 12.7 Å². The zero-order chi connectivity index (χ0) is 11.7. The largest absolute Gasteiger partial charge is 0.288 e. The van der Waals surface area contributed by atoms with Crippen molar-refractivity contribution in [3.63, 3.8) is 0 Å². The Labute approximate surface area is 92.5 Å². The van der Waals surface area contributed by atoms with Gasteiger partial charge in [-0.2, -0.15) is 5.10 Å². The van der Waals surface area contributed by atoms with Crippen molar-refractivity contribution in [3.05, 3.63) is 53.1 Å². The summed E-state index contributed by atoms with van der Waals surface area (Å²) in [5, 5.41) is 4.10. The third kappa shape index (κ3) is 1.86. The van der Waals surface area contributed by atoms with Crippen LogP contribution in [0.1, 0.15) is 21.6 Å². The number of nitrogens with zero attached hydrogens (tertiary/aromatic N) is 2. The summed E-state index contributed by atoms with van der Waals surface area (Å²) in [5.74, 6) is -0.481. The molecule has 0 N–H and O–H groups in total.